The van der Waals surface area contributed by atoms with Crippen LogP contribution in [0.5, 0.6) is 5.75 Å². The fourth-order valence-electron chi connectivity index (χ4n) is 3.85. The Morgan fingerprint density at radius 3 is 2.73 bits per heavy atom. The van der Waals surface area contributed by atoms with Crippen LogP contribution >= 0.6 is 0 Å². The van der Waals surface area contributed by atoms with Gasteiger partial charge in [0.05, 0.1) is 18.4 Å². The number of amides is 1. The minimum atomic E-state index is -0.400. The van der Waals surface area contributed by atoms with Crippen LogP contribution in [0.4, 0.5) is 4.39 Å². The van der Waals surface area contributed by atoms with Crippen LogP contribution in [0, 0.1) is 11.7 Å². The Bertz CT molecular complexity index is 1080. The van der Waals surface area contributed by atoms with E-state index in [2.05, 4.69) is 10.2 Å². The van der Waals surface area contributed by atoms with Gasteiger partial charge in [-0.05, 0) is 43.2 Å². The molecule has 1 atom stereocenters. The van der Waals surface area contributed by atoms with E-state index < -0.39 is 5.82 Å². The molecule has 0 unspecified atom stereocenters. The molecule has 1 N–H and O–H groups in total. The van der Waals surface area contributed by atoms with Crippen molar-refractivity contribution in [3.63, 3.8) is 0 Å². The number of carbonyl (C=O) groups is 2. The molecule has 0 spiro atoms. The monoisotopic (exact) mass is 407 g/mol. The van der Waals surface area contributed by atoms with Crippen molar-refractivity contribution < 1.29 is 18.7 Å². The molecule has 3 aromatic rings. The molecular weight excluding hydrogens is 385 g/mol. The summed E-state index contributed by atoms with van der Waals surface area (Å²) < 4.78 is 19.3. The summed E-state index contributed by atoms with van der Waals surface area (Å²) in [6.45, 7) is 0.881. The molecule has 1 aliphatic rings. The van der Waals surface area contributed by atoms with Gasteiger partial charge in [0.15, 0.2) is 5.78 Å². The minimum absolute atomic E-state index is 0.0263. The van der Waals surface area contributed by atoms with Crippen LogP contribution in [0.25, 0.3) is 11.3 Å². The van der Waals surface area contributed by atoms with Gasteiger partial charge in [-0.1, -0.05) is 24.3 Å². The summed E-state index contributed by atoms with van der Waals surface area (Å²) in [4.78, 5) is 27.7. The lowest BCUT2D eigenvalue weighted by atomic mass is 9.89. The van der Waals surface area contributed by atoms with Gasteiger partial charge in [0, 0.05) is 24.6 Å². The highest BCUT2D eigenvalue weighted by Gasteiger charge is 2.31. The number of Topliss-reactive ketones (excluding diaryl/α,β-unsaturated/α-hetero) is 1. The largest absolute Gasteiger partial charge is 0.496 e. The Morgan fingerprint density at radius 2 is 1.93 bits per heavy atom. The molecule has 7 heteroatoms. The van der Waals surface area contributed by atoms with Crippen molar-refractivity contribution in [1.29, 1.82) is 0 Å². The first-order valence-corrected chi connectivity index (χ1v) is 9.85. The quantitative estimate of drug-likeness (QED) is 0.650. The molecular formula is C23H22FN3O3. The van der Waals surface area contributed by atoms with Crippen molar-refractivity contribution in [3.8, 4) is 17.0 Å². The van der Waals surface area contributed by atoms with Crippen molar-refractivity contribution in [2.45, 2.75) is 12.8 Å². The highest BCUT2D eigenvalue weighted by Crippen LogP contribution is 2.27. The maximum Gasteiger partial charge on any atom is 0.271 e. The smallest absolute Gasteiger partial charge is 0.271 e. The maximum atomic E-state index is 14.0. The number of para-hydroxylation sites is 1. The van der Waals surface area contributed by atoms with Crippen molar-refractivity contribution in [1.82, 2.24) is 15.1 Å². The molecule has 1 aliphatic heterocycles. The molecule has 1 saturated heterocycles. The molecule has 4 rings (SSSR count). The summed E-state index contributed by atoms with van der Waals surface area (Å²) in [6.07, 6.45) is 1.44. The number of hydrogen-bond donors (Lipinski definition) is 1. The molecule has 0 radical (unpaired) electrons. The fourth-order valence-corrected chi connectivity index (χ4v) is 3.85. The van der Waals surface area contributed by atoms with E-state index in [1.807, 2.05) is 6.07 Å². The Balaban J connectivity index is 1.50. The second-order valence-electron chi connectivity index (χ2n) is 7.30. The first-order chi connectivity index (χ1) is 14.6. The molecule has 2 heterocycles. The van der Waals surface area contributed by atoms with E-state index in [9.17, 15) is 14.0 Å². The van der Waals surface area contributed by atoms with Gasteiger partial charge < -0.3 is 9.64 Å². The van der Waals surface area contributed by atoms with E-state index in [4.69, 9.17) is 4.74 Å². The van der Waals surface area contributed by atoms with Gasteiger partial charge in [0.2, 0.25) is 0 Å². The topological polar surface area (TPSA) is 75.3 Å². The molecule has 154 valence electrons. The van der Waals surface area contributed by atoms with Crippen LogP contribution in [-0.4, -0.2) is 47.0 Å². The van der Waals surface area contributed by atoms with E-state index in [1.54, 1.807) is 47.4 Å². The number of aromatic amines is 1. The molecule has 1 fully saturated rings. The van der Waals surface area contributed by atoms with Crippen molar-refractivity contribution in [2.75, 3.05) is 20.2 Å². The Hall–Kier alpha value is -3.48. The third-order valence-electron chi connectivity index (χ3n) is 5.41. The number of hydrogen-bond acceptors (Lipinski definition) is 4. The summed E-state index contributed by atoms with van der Waals surface area (Å²) >= 11 is 0. The summed E-state index contributed by atoms with van der Waals surface area (Å²) in [7, 11) is 1.54. The number of carbonyl (C=O) groups excluding carboxylic acids is 2. The van der Waals surface area contributed by atoms with E-state index in [1.165, 1.54) is 13.2 Å². The molecule has 6 nitrogen and oxygen atoms in total. The number of nitrogens with one attached hydrogen (secondary N) is 1. The fraction of sp³-hybridized carbons (Fsp3) is 0.261. The first kappa shape index (κ1) is 19.8. The van der Waals surface area contributed by atoms with E-state index in [0.717, 1.165) is 6.42 Å². The zero-order valence-corrected chi connectivity index (χ0v) is 16.6. The summed E-state index contributed by atoms with van der Waals surface area (Å²) in [5, 5.41) is 6.80. The van der Waals surface area contributed by atoms with E-state index in [-0.39, 0.29) is 23.3 Å². The molecule has 1 amide bonds. The average molecular weight is 407 g/mol. The average Bonchev–Trinajstić information content (AvgIpc) is 3.28. The second-order valence-corrected chi connectivity index (χ2v) is 7.30. The zero-order chi connectivity index (χ0) is 21.1. The van der Waals surface area contributed by atoms with Crippen molar-refractivity contribution in [3.05, 3.63) is 71.7 Å². The Labute approximate surface area is 173 Å². The molecule has 1 aromatic heterocycles. The minimum Gasteiger partial charge on any atom is -0.496 e. The lowest BCUT2D eigenvalue weighted by Gasteiger charge is -2.31. The number of H-pyrrole nitrogens is 1. The zero-order valence-electron chi connectivity index (χ0n) is 16.6. The predicted molar refractivity (Wildman–Crippen MR) is 110 cm³/mol. The van der Waals surface area contributed by atoms with Crippen molar-refractivity contribution in [2.24, 2.45) is 5.92 Å². The molecule has 2 aromatic carbocycles. The van der Waals surface area contributed by atoms with Crippen LogP contribution < -0.4 is 4.74 Å². The van der Waals surface area contributed by atoms with Gasteiger partial charge in [-0.25, -0.2) is 4.39 Å². The van der Waals surface area contributed by atoms with Gasteiger partial charge in [-0.2, -0.15) is 5.10 Å². The van der Waals surface area contributed by atoms with Crippen molar-refractivity contribution >= 4 is 11.7 Å². The highest BCUT2D eigenvalue weighted by molar-refractivity contribution is 6.01. The Morgan fingerprint density at radius 1 is 1.17 bits per heavy atom. The van der Waals surface area contributed by atoms with Crippen LogP contribution in [0.1, 0.15) is 33.7 Å². The maximum absolute atomic E-state index is 14.0. The van der Waals surface area contributed by atoms with Gasteiger partial charge >= 0.3 is 0 Å². The number of benzene rings is 2. The Kier molecular flexibility index (Phi) is 5.61. The lowest BCUT2D eigenvalue weighted by molar-refractivity contribution is 0.0631. The molecule has 0 aliphatic carbocycles. The van der Waals surface area contributed by atoms with Gasteiger partial charge in [0.25, 0.3) is 5.91 Å². The van der Waals surface area contributed by atoms with Gasteiger partial charge in [-0.3, -0.25) is 14.7 Å². The van der Waals surface area contributed by atoms with Gasteiger partial charge in [-0.15, -0.1) is 0 Å². The number of halogens is 1. The van der Waals surface area contributed by atoms with E-state index >= 15 is 0 Å². The second kappa shape index (κ2) is 8.49. The molecule has 0 saturated carbocycles. The summed E-state index contributed by atoms with van der Waals surface area (Å²) in [5.74, 6) is -0.435. The van der Waals surface area contributed by atoms with Crippen LogP contribution in [0.15, 0.2) is 54.6 Å². The number of aromatic nitrogens is 2. The third-order valence-corrected chi connectivity index (χ3v) is 5.41. The van der Waals surface area contributed by atoms with Gasteiger partial charge in [0.1, 0.15) is 17.3 Å². The number of likely N-dealkylation sites (tertiary alicyclic amines) is 1. The normalized spacial score (nSPS) is 16.3. The lowest BCUT2D eigenvalue weighted by Crippen LogP contribution is -2.42. The predicted octanol–water partition coefficient (Wildman–Crippen LogP) is 3.96. The number of nitrogens with zero attached hydrogens (tertiary/aromatic N) is 2. The highest BCUT2D eigenvalue weighted by atomic mass is 19.1. The molecule has 0 bridgehead atoms. The number of ketones is 1. The van der Waals surface area contributed by atoms with E-state index in [0.29, 0.717) is 42.1 Å². The first-order valence-electron chi connectivity index (χ1n) is 9.85. The number of ether oxygens (including phenoxy) is 1. The standard InChI is InChI=1S/C23H22FN3O3/c1-30-21-11-5-3-9-17(21)22(28)15-7-6-12-27(14-15)23(29)20-13-19(25-26-20)16-8-2-4-10-18(16)24/h2-5,8-11,13,15H,6-7,12,14H2,1H3,(H,25,26)/t15-/m1/s1. The summed E-state index contributed by atoms with van der Waals surface area (Å²) in [5.41, 5.74) is 1.51. The third kappa shape index (κ3) is 3.83. The number of rotatable bonds is 5. The van der Waals surface area contributed by atoms with Crippen LogP contribution in [0.2, 0.25) is 0 Å². The molecule has 30 heavy (non-hydrogen) atoms. The SMILES string of the molecule is COc1ccccc1C(=O)[C@@H]1CCCN(C(=O)c2cc(-c3ccccc3F)n[nH]2)C1. The van der Waals surface area contributed by atoms with Crippen LogP contribution in [0.3, 0.4) is 0 Å². The number of piperidine rings is 1. The summed E-state index contributed by atoms with van der Waals surface area (Å²) in [6, 6.07) is 15.0. The number of methoxy groups -OCH3 is 1. The van der Waals surface area contributed by atoms with Crippen LogP contribution in [-0.2, 0) is 0 Å².